The number of aromatic nitrogens is 2. The lowest BCUT2D eigenvalue weighted by Gasteiger charge is -2.41. The summed E-state index contributed by atoms with van der Waals surface area (Å²) in [5, 5.41) is 20.6. The molecule has 6 nitrogen and oxygen atoms in total. The standard InChI is InChI=1S/C22H26N4O2/c1-15(21-18-13-17(28-2)7-6-16(18)8-11-25-21)26-20-14-23-12-9-22(20,27)19-5-3-4-10-24-19/h3-8,10-11,13,15,20,23,26-27H,9,12,14H2,1-2H3/t15?,20-,22+/m1/s1. The highest BCUT2D eigenvalue weighted by Crippen LogP contribution is 2.32. The lowest BCUT2D eigenvalue weighted by atomic mass is 9.83. The molecule has 1 saturated heterocycles. The molecular formula is C22H26N4O2. The van der Waals surface area contributed by atoms with Crippen molar-refractivity contribution in [2.75, 3.05) is 20.2 Å². The average Bonchev–Trinajstić information content (AvgIpc) is 2.75. The molecule has 2 aromatic heterocycles. The third kappa shape index (κ3) is 3.46. The average molecular weight is 378 g/mol. The van der Waals surface area contributed by atoms with Crippen LogP contribution < -0.4 is 15.4 Å². The molecule has 3 aromatic rings. The summed E-state index contributed by atoms with van der Waals surface area (Å²) in [6.07, 6.45) is 4.16. The van der Waals surface area contributed by atoms with Gasteiger partial charge in [0.2, 0.25) is 0 Å². The van der Waals surface area contributed by atoms with E-state index in [1.54, 1.807) is 13.3 Å². The number of fused-ring (bicyclic) bond motifs is 1. The van der Waals surface area contributed by atoms with Crippen molar-refractivity contribution in [3.05, 3.63) is 66.2 Å². The second-order valence-electron chi connectivity index (χ2n) is 7.32. The smallest absolute Gasteiger partial charge is 0.124 e. The summed E-state index contributed by atoms with van der Waals surface area (Å²) < 4.78 is 5.39. The summed E-state index contributed by atoms with van der Waals surface area (Å²) in [4.78, 5) is 9.06. The first-order chi connectivity index (χ1) is 13.6. The molecule has 0 radical (unpaired) electrons. The van der Waals surface area contributed by atoms with Crippen LogP contribution in [0.5, 0.6) is 5.75 Å². The zero-order chi connectivity index (χ0) is 19.6. The molecule has 3 atom stereocenters. The van der Waals surface area contributed by atoms with Gasteiger partial charge in [0, 0.05) is 30.4 Å². The molecule has 28 heavy (non-hydrogen) atoms. The number of piperidine rings is 1. The van der Waals surface area contributed by atoms with Crippen LogP contribution in [0.15, 0.2) is 54.9 Å². The van der Waals surface area contributed by atoms with Crippen LogP contribution in [0, 0.1) is 0 Å². The zero-order valence-electron chi connectivity index (χ0n) is 16.2. The van der Waals surface area contributed by atoms with Crippen LogP contribution in [0.4, 0.5) is 0 Å². The number of nitrogens with zero attached hydrogens (tertiary/aromatic N) is 2. The summed E-state index contributed by atoms with van der Waals surface area (Å²) in [5.41, 5.74) is 0.613. The first-order valence-corrected chi connectivity index (χ1v) is 9.65. The number of benzene rings is 1. The number of hydrogen-bond acceptors (Lipinski definition) is 6. The maximum absolute atomic E-state index is 11.5. The van der Waals surface area contributed by atoms with Crippen molar-refractivity contribution in [3.63, 3.8) is 0 Å². The molecule has 3 heterocycles. The molecule has 6 heteroatoms. The quantitative estimate of drug-likeness (QED) is 0.633. The molecule has 146 valence electrons. The summed E-state index contributed by atoms with van der Waals surface area (Å²) in [6, 6.07) is 13.4. The van der Waals surface area contributed by atoms with Gasteiger partial charge in [-0.25, -0.2) is 0 Å². The number of rotatable bonds is 5. The first-order valence-electron chi connectivity index (χ1n) is 9.65. The van der Waals surface area contributed by atoms with Crippen molar-refractivity contribution in [1.82, 2.24) is 20.6 Å². The minimum atomic E-state index is -1.02. The number of pyridine rings is 2. The van der Waals surface area contributed by atoms with Crippen LogP contribution in [-0.4, -0.2) is 41.3 Å². The van der Waals surface area contributed by atoms with Crippen molar-refractivity contribution in [3.8, 4) is 5.75 Å². The third-order valence-electron chi connectivity index (χ3n) is 5.58. The van der Waals surface area contributed by atoms with Crippen molar-refractivity contribution >= 4 is 10.8 Å². The maximum Gasteiger partial charge on any atom is 0.124 e. The Bertz CT molecular complexity index is 950. The van der Waals surface area contributed by atoms with Crippen molar-refractivity contribution in [2.24, 2.45) is 0 Å². The number of hydrogen-bond donors (Lipinski definition) is 3. The first kappa shape index (κ1) is 18.8. The molecule has 0 amide bonds. The van der Waals surface area contributed by atoms with Gasteiger partial charge in [-0.3, -0.25) is 9.97 Å². The Morgan fingerprint density at radius 1 is 1.21 bits per heavy atom. The SMILES string of the molecule is COc1ccc2ccnc(C(C)N[C@@H]3CNCC[C@]3(O)c3ccccn3)c2c1. The van der Waals surface area contributed by atoms with Crippen LogP contribution in [-0.2, 0) is 5.60 Å². The second-order valence-corrected chi connectivity index (χ2v) is 7.32. The van der Waals surface area contributed by atoms with Crippen molar-refractivity contribution < 1.29 is 9.84 Å². The number of nitrogens with one attached hydrogen (secondary N) is 2. The van der Waals surface area contributed by atoms with E-state index in [0.717, 1.165) is 28.8 Å². The van der Waals surface area contributed by atoms with E-state index in [1.165, 1.54) is 0 Å². The van der Waals surface area contributed by atoms with E-state index < -0.39 is 5.60 Å². The number of methoxy groups -OCH3 is 1. The van der Waals surface area contributed by atoms with Gasteiger partial charge in [-0.05, 0) is 55.6 Å². The molecule has 0 bridgehead atoms. The highest BCUT2D eigenvalue weighted by Gasteiger charge is 2.42. The fraction of sp³-hybridized carbons (Fsp3) is 0.364. The Hall–Kier alpha value is -2.54. The molecule has 1 aromatic carbocycles. The predicted octanol–water partition coefficient (Wildman–Crippen LogP) is 2.54. The van der Waals surface area contributed by atoms with Crippen LogP contribution in [0.25, 0.3) is 10.8 Å². The van der Waals surface area contributed by atoms with Gasteiger partial charge >= 0.3 is 0 Å². The molecule has 3 N–H and O–H groups in total. The van der Waals surface area contributed by atoms with E-state index in [9.17, 15) is 5.11 Å². The van der Waals surface area contributed by atoms with Gasteiger partial charge in [0.05, 0.1) is 24.5 Å². The van der Waals surface area contributed by atoms with Gasteiger partial charge in [0.15, 0.2) is 0 Å². The van der Waals surface area contributed by atoms with Crippen LogP contribution in [0.1, 0.15) is 30.8 Å². The molecule has 0 aliphatic carbocycles. The fourth-order valence-electron chi connectivity index (χ4n) is 4.01. The van der Waals surface area contributed by atoms with E-state index in [2.05, 4.69) is 27.5 Å². The topological polar surface area (TPSA) is 79.3 Å². The van der Waals surface area contributed by atoms with Gasteiger partial charge in [0.1, 0.15) is 11.4 Å². The van der Waals surface area contributed by atoms with Crippen molar-refractivity contribution in [2.45, 2.75) is 31.0 Å². The van der Waals surface area contributed by atoms with Gasteiger partial charge < -0.3 is 20.5 Å². The van der Waals surface area contributed by atoms with E-state index >= 15 is 0 Å². The predicted molar refractivity (Wildman–Crippen MR) is 109 cm³/mol. The molecule has 1 aliphatic heterocycles. The van der Waals surface area contributed by atoms with Gasteiger partial charge in [-0.2, -0.15) is 0 Å². The van der Waals surface area contributed by atoms with Crippen LogP contribution >= 0.6 is 0 Å². The number of aliphatic hydroxyl groups is 1. The molecule has 1 aliphatic rings. The minimum absolute atomic E-state index is 0.0593. The molecule has 0 saturated carbocycles. The second kappa shape index (κ2) is 7.83. The summed E-state index contributed by atoms with van der Waals surface area (Å²) in [5.74, 6) is 0.804. The largest absolute Gasteiger partial charge is 0.497 e. The van der Waals surface area contributed by atoms with E-state index in [-0.39, 0.29) is 12.1 Å². The molecule has 1 fully saturated rings. The van der Waals surface area contributed by atoms with Gasteiger partial charge in [-0.1, -0.05) is 12.1 Å². The highest BCUT2D eigenvalue weighted by atomic mass is 16.5. The summed E-state index contributed by atoms with van der Waals surface area (Å²) >= 11 is 0. The van der Waals surface area contributed by atoms with E-state index in [4.69, 9.17) is 4.74 Å². The molecule has 4 rings (SSSR count). The molecule has 0 spiro atoms. The van der Waals surface area contributed by atoms with Gasteiger partial charge in [0.25, 0.3) is 0 Å². The van der Waals surface area contributed by atoms with Crippen LogP contribution in [0.3, 0.4) is 0 Å². The summed E-state index contributed by atoms with van der Waals surface area (Å²) in [6.45, 7) is 3.49. The molecule has 1 unspecified atom stereocenters. The monoisotopic (exact) mass is 378 g/mol. The van der Waals surface area contributed by atoms with E-state index in [0.29, 0.717) is 18.7 Å². The Morgan fingerprint density at radius 3 is 2.89 bits per heavy atom. The molecular weight excluding hydrogens is 352 g/mol. The zero-order valence-corrected chi connectivity index (χ0v) is 16.2. The lowest BCUT2D eigenvalue weighted by molar-refractivity contribution is -0.0321. The lowest BCUT2D eigenvalue weighted by Crippen LogP contribution is -2.59. The third-order valence-corrected chi connectivity index (χ3v) is 5.58. The summed E-state index contributed by atoms with van der Waals surface area (Å²) in [7, 11) is 1.67. The fourth-order valence-corrected chi connectivity index (χ4v) is 4.01. The Morgan fingerprint density at radius 2 is 2.11 bits per heavy atom. The minimum Gasteiger partial charge on any atom is -0.497 e. The highest BCUT2D eigenvalue weighted by molar-refractivity contribution is 5.86. The van der Waals surface area contributed by atoms with E-state index in [1.807, 2.05) is 48.7 Å². The maximum atomic E-state index is 11.5. The Balaban J connectivity index is 1.65. The van der Waals surface area contributed by atoms with Gasteiger partial charge in [-0.15, -0.1) is 0 Å². The Labute approximate surface area is 165 Å². The normalized spacial score (nSPS) is 23.5. The number of ether oxygens (including phenoxy) is 1. The van der Waals surface area contributed by atoms with Crippen molar-refractivity contribution in [1.29, 1.82) is 0 Å². The Kier molecular flexibility index (Phi) is 5.26. The van der Waals surface area contributed by atoms with Crippen LogP contribution in [0.2, 0.25) is 0 Å².